The second-order valence-electron chi connectivity index (χ2n) is 8.03. The van der Waals surface area contributed by atoms with Gasteiger partial charge in [-0.2, -0.15) is 0 Å². The highest BCUT2D eigenvalue weighted by molar-refractivity contribution is 6.31. The molecule has 0 bridgehead atoms. The fourth-order valence-electron chi connectivity index (χ4n) is 4.27. The normalized spacial score (nSPS) is 22.6. The topological polar surface area (TPSA) is 52.6 Å². The van der Waals surface area contributed by atoms with Crippen LogP contribution >= 0.6 is 11.6 Å². The number of nitrogens with zero attached hydrogens (tertiary/aromatic N) is 1. The van der Waals surface area contributed by atoms with Gasteiger partial charge in [0.25, 0.3) is 5.91 Å². The Hall–Kier alpha value is -2.04. The monoisotopic (exact) mass is 398 g/mol. The number of likely N-dealkylation sites (tertiary alicyclic amines) is 1. The zero-order valence-corrected chi connectivity index (χ0v) is 16.7. The number of rotatable bonds is 5. The third-order valence-electron chi connectivity index (χ3n) is 6.12. The van der Waals surface area contributed by atoms with Crippen LogP contribution in [0, 0.1) is 5.92 Å². The van der Waals surface area contributed by atoms with Gasteiger partial charge in [0.15, 0.2) is 0 Å². The number of halogens is 1. The maximum atomic E-state index is 12.8. The first-order valence-electron chi connectivity index (χ1n) is 10.1. The summed E-state index contributed by atoms with van der Waals surface area (Å²) in [5.74, 6) is 0.924. The maximum Gasteiger partial charge on any atom is 0.253 e. The van der Waals surface area contributed by atoms with Crippen LogP contribution in [0.5, 0.6) is 0 Å². The first-order chi connectivity index (χ1) is 13.6. The van der Waals surface area contributed by atoms with Gasteiger partial charge in [0, 0.05) is 42.0 Å². The number of carbonyl (C=O) groups excluding carboxylic acids is 1. The third-order valence-corrected chi connectivity index (χ3v) is 6.47. The summed E-state index contributed by atoms with van der Waals surface area (Å²) in [6, 6.07) is 16.3. The summed E-state index contributed by atoms with van der Waals surface area (Å²) in [5.41, 5.74) is 2.96. The van der Waals surface area contributed by atoms with Gasteiger partial charge in [0.05, 0.1) is 0 Å². The zero-order chi connectivity index (χ0) is 19.5. The van der Waals surface area contributed by atoms with E-state index in [1.54, 1.807) is 0 Å². The second-order valence-corrected chi connectivity index (χ2v) is 8.44. The fraction of sp³-hybridized carbons (Fsp3) is 0.435. The Bertz CT molecular complexity index is 827. The Morgan fingerprint density at radius 2 is 1.86 bits per heavy atom. The Kier molecular flexibility index (Phi) is 5.88. The molecule has 2 aliphatic rings. The van der Waals surface area contributed by atoms with Crippen molar-refractivity contribution in [3.8, 4) is 0 Å². The van der Waals surface area contributed by atoms with Crippen LogP contribution in [0.25, 0.3) is 0 Å². The Morgan fingerprint density at radius 1 is 1.11 bits per heavy atom. The van der Waals surface area contributed by atoms with E-state index in [-0.39, 0.29) is 12.5 Å². The van der Waals surface area contributed by atoms with Crippen molar-refractivity contribution in [1.29, 1.82) is 0 Å². The van der Waals surface area contributed by atoms with E-state index < -0.39 is 0 Å². The lowest BCUT2D eigenvalue weighted by Crippen LogP contribution is -2.39. The van der Waals surface area contributed by atoms with E-state index in [4.69, 9.17) is 11.6 Å². The Balaban J connectivity index is 1.33. The largest absolute Gasteiger partial charge is 0.396 e. The highest BCUT2D eigenvalue weighted by atomic mass is 35.5. The van der Waals surface area contributed by atoms with Crippen LogP contribution in [0.1, 0.15) is 47.5 Å². The van der Waals surface area contributed by atoms with Gasteiger partial charge < -0.3 is 15.3 Å². The van der Waals surface area contributed by atoms with E-state index in [0.29, 0.717) is 17.9 Å². The van der Waals surface area contributed by atoms with Crippen molar-refractivity contribution in [3.05, 3.63) is 64.7 Å². The highest BCUT2D eigenvalue weighted by Gasteiger charge is 2.31. The van der Waals surface area contributed by atoms with Crippen molar-refractivity contribution >= 4 is 23.2 Å². The molecule has 28 heavy (non-hydrogen) atoms. The summed E-state index contributed by atoms with van der Waals surface area (Å²) in [7, 11) is 0. The first kappa shape index (κ1) is 19.3. The molecule has 1 aliphatic carbocycles. The molecule has 148 valence electrons. The van der Waals surface area contributed by atoms with Crippen molar-refractivity contribution < 1.29 is 9.90 Å². The number of hydrogen-bond acceptors (Lipinski definition) is 3. The Labute approximate surface area is 171 Å². The van der Waals surface area contributed by atoms with E-state index in [2.05, 4.69) is 11.4 Å². The molecule has 0 radical (unpaired) electrons. The zero-order valence-electron chi connectivity index (χ0n) is 16.0. The number of amides is 1. The molecule has 1 amide bonds. The molecule has 4 nitrogen and oxygen atoms in total. The average molecular weight is 399 g/mol. The predicted octanol–water partition coefficient (Wildman–Crippen LogP) is 4.54. The summed E-state index contributed by atoms with van der Waals surface area (Å²) in [6.45, 7) is 1.67. The van der Waals surface area contributed by atoms with E-state index >= 15 is 0 Å². The molecule has 2 fully saturated rings. The molecule has 1 saturated carbocycles. The number of carbonyl (C=O) groups is 1. The van der Waals surface area contributed by atoms with Gasteiger partial charge in [-0.1, -0.05) is 35.9 Å². The molecular weight excluding hydrogens is 372 g/mol. The number of anilines is 1. The number of aliphatic hydroxyl groups excluding tert-OH is 1. The summed E-state index contributed by atoms with van der Waals surface area (Å²) in [6.07, 6.45) is 3.87. The van der Waals surface area contributed by atoms with Crippen LogP contribution in [-0.4, -0.2) is 41.7 Å². The second kappa shape index (κ2) is 8.54. The lowest BCUT2D eigenvalue weighted by Gasteiger charge is -2.37. The van der Waals surface area contributed by atoms with Crippen LogP contribution in [-0.2, 0) is 0 Å². The number of hydrogen-bond donors (Lipinski definition) is 2. The fourth-order valence-corrected chi connectivity index (χ4v) is 4.56. The van der Waals surface area contributed by atoms with Gasteiger partial charge in [0.1, 0.15) is 0 Å². The number of benzene rings is 2. The lowest BCUT2D eigenvalue weighted by molar-refractivity contribution is 0.0651. The molecule has 0 atom stereocenters. The summed E-state index contributed by atoms with van der Waals surface area (Å²) < 4.78 is 0. The van der Waals surface area contributed by atoms with E-state index in [1.807, 2.05) is 47.4 Å². The van der Waals surface area contributed by atoms with Crippen LogP contribution < -0.4 is 5.32 Å². The Morgan fingerprint density at radius 3 is 2.57 bits per heavy atom. The van der Waals surface area contributed by atoms with Crippen molar-refractivity contribution in [2.75, 3.05) is 25.0 Å². The molecule has 2 aromatic carbocycles. The van der Waals surface area contributed by atoms with Crippen molar-refractivity contribution in [3.63, 3.8) is 0 Å². The van der Waals surface area contributed by atoms with Gasteiger partial charge in [0.2, 0.25) is 0 Å². The first-order valence-corrected chi connectivity index (χ1v) is 10.5. The molecule has 2 aromatic rings. The summed E-state index contributed by atoms with van der Waals surface area (Å²) in [4.78, 5) is 14.7. The van der Waals surface area contributed by atoms with Gasteiger partial charge >= 0.3 is 0 Å². The molecule has 4 rings (SSSR count). The van der Waals surface area contributed by atoms with E-state index in [1.165, 1.54) is 5.56 Å². The third kappa shape index (κ3) is 4.18. The van der Waals surface area contributed by atoms with E-state index in [0.717, 1.165) is 55.0 Å². The van der Waals surface area contributed by atoms with Crippen molar-refractivity contribution in [2.45, 2.75) is 37.6 Å². The van der Waals surface area contributed by atoms with Gasteiger partial charge in [-0.15, -0.1) is 0 Å². The molecule has 1 saturated heterocycles. The molecule has 5 heteroatoms. The van der Waals surface area contributed by atoms with Crippen LogP contribution in [0.15, 0.2) is 48.5 Å². The number of aliphatic hydroxyl groups is 1. The standard InChI is InChI=1S/C23H27ClN2O2/c24-22-7-2-1-6-21(22)18-13-20(14-18)25-19-5-3-4-17(12-19)23(28)26-10-8-16(15-27)9-11-26/h1-7,12,16,18,20,25,27H,8-11,13-15H2. The number of nitrogens with one attached hydrogen (secondary N) is 1. The maximum absolute atomic E-state index is 12.8. The van der Waals surface area contributed by atoms with Crippen LogP contribution in [0.2, 0.25) is 5.02 Å². The highest BCUT2D eigenvalue weighted by Crippen LogP contribution is 2.41. The van der Waals surface area contributed by atoms with Gasteiger partial charge in [-0.05, 0) is 67.3 Å². The van der Waals surface area contributed by atoms with Crippen LogP contribution in [0.3, 0.4) is 0 Å². The minimum Gasteiger partial charge on any atom is -0.396 e. The molecule has 1 aliphatic heterocycles. The average Bonchev–Trinajstić information content (AvgIpc) is 2.71. The van der Waals surface area contributed by atoms with E-state index in [9.17, 15) is 9.90 Å². The summed E-state index contributed by atoms with van der Waals surface area (Å²) >= 11 is 6.31. The smallest absolute Gasteiger partial charge is 0.253 e. The lowest BCUT2D eigenvalue weighted by atomic mass is 9.76. The van der Waals surface area contributed by atoms with Crippen molar-refractivity contribution in [1.82, 2.24) is 4.90 Å². The SMILES string of the molecule is O=C(c1cccc(NC2CC(c3ccccc3Cl)C2)c1)N1CCC(CO)CC1. The number of piperidine rings is 1. The minimum atomic E-state index is 0.0857. The molecule has 0 spiro atoms. The minimum absolute atomic E-state index is 0.0857. The van der Waals surface area contributed by atoms with Crippen molar-refractivity contribution in [2.24, 2.45) is 5.92 Å². The molecule has 0 unspecified atom stereocenters. The van der Waals surface area contributed by atoms with Gasteiger partial charge in [-0.25, -0.2) is 0 Å². The van der Waals surface area contributed by atoms with Crippen LogP contribution in [0.4, 0.5) is 5.69 Å². The molecular formula is C23H27ClN2O2. The predicted molar refractivity (Wildman–Crippen MR) is 113 cm³/mol. The summed E-state index contributed by atoms with van der Waals surface area (Å²) in [5, 5.41) is 13.7. The quantitative estimate of drug-likeness (QED) is 0.777. The molecule has 1 heterocycles. The molecule has 2 N–H and O–H groups in total. The molecule has 0 aromatic heterocycles. The van der Waals surface area contributed by atoms with Gasteiger partial charge in [-0.3, -0.25) is 4.79 Å².